The smallest absolute Gasteiger partial charge is 0.272 e. The molecule has 0 saturated carbocycles. The van der Waals surface area contributed by atoms with E-state index in [9.17, 15) is 9.59 Å². The van der Waals surface area contributed by atoms with Crippen molar-refractivity contribution in [2.24, 2.45) is 12.8 Å². The summed E-state index contributed by atoms with van der Waals surface area (Å²) < 4.78 is 1.71. The Bertz CT molecular complexity index is 1380. The number of aryl methyl sites for hydroxylation is 2. The zero-order chi connectivity index (χ0) is 21.0. The molecule has 8 heteroatoms. The van der Waals surface area contributed by atoms with Gasteiger partial charge in [-0.05, 0) is 41.8 Å². The number of rotatable bonds is 3. The van der Waals surface area contributed by atoms with Crippen LogP contribution in [-0.2, 0) is 20.1 Å². The fourth-order valence-electron chi connectivity index (χ4n) is 4.16. The van der Waals surface area contributed by atoms with E-state index in [1.807, 2.05) is 44.3 Å². The van der Waals surface area contributed by atoms with Crippen LogP contribution in [0.2, 0.25) is 0 Å². The van der Waals surface area contributed by atoms with Gasteiger partial charge in [-0.1, -0.05) is 18.2 Å². The van der Waals surface area contributed by atoms with Crippen LogP contribution in [0.25, 0.3) is 21.9 Å². The number of benzene rings is 2. The number of nitrogens with two attached hydrogens (primary N) is 1. The van der Waals surface area contributed by atoms with Crippen LogP contribution in [0.1, 0.15) is 27.2 Å². The number of carbonyl (C=O) groups excluding carboxylic acids is 1. The van der Waals surface area contributed by atoms with E-state index in [1.165, 1.54) is 0 Å². The Balaban J connectivity index is 1.67. The predicted octanol–water partition coefficient (Wildman–Crippen LogP) is 2.25. The third kappa shape index (κ3) is 2.57. The molecule has 1 amide bonds. The summed E-state index contributed by atoms with van der Waals surface area (Å²) in [5.41, 5.74) is 10.7. The van der Waals surface area contributed by atoms with Crippen molar-refractivity contribution in [2.75, 3.05) is 4.90 Å². The Morgan fingerprint density at radius 1 is 1.13 bits per heavy atom. The maximum absolute atomic E-state index is 13.2. The van der Waals surface area contributed by atoms with Gasteiger partial charge in [-0.3, -0.25) is 19.2 Å². The number of amides is 1. The SMILES string of the molecule is Cc1cccc2c1CN(c1c(-c3ccc4c(=O)[nH]nc(CN)c4c3)cnn1C)C2=O. The molecule has 0 bridgehead atoms. The van der Waals surface area contributed by atoms with Crippen LogP contribution in [-0.4, -0.2) is 25.9 Å². The molecule has 0 aliphatic carbocycles. The van der Waals surface area contributed by atoms with Gasteiger partial charge >= 0.3 is 0 Å². The molecule has 0 saturated heterocycles. The highest BCUT2D eigenvalue weighted by Crippen LogP contribution is 2.37. The van der Waals surface area contributed by atoms with Gasteiger partial charge in [0.1, 0.15) is 5.82 Å². The summed E-state index contributed by atoms with van der Waals surface area (Å²) in [6.07, 6.45) is 1.74. The molecule has 3 heterocycles. The van der Waals surface area contributed by atoms with E-state index in [-0.39, 0.29) is 18.0 Å². The number of hydrogen-bond acceptors (Lipinski definition) is 5. The van der Waals surface area contributed by atoms with Gasteiger partial charge in [0.25, 0.3) is 11.5 Å². The Kier molecular flexibility index (Phi) is 4.04. The van der Waals surface area contributed by atoms with Crippen molar-refractivity contribution in [1.29, 1.82) is 0 Å². The molecular weight excluding hydrogens is 380 g/mol. The maximum Gasteiger partial charge on any atom is 0.272 e. The minimum absolute atomic E-state index is 0.0416. The van der Waals surface area contributed by atoms with Gasteiger partial charge in [-0.15, -0.1) is 0 Å². The van der Waals surface area contributed by atoms with Gasteiger partial charge in [0.2, 0.25) is 0 Å². The average molecular weight is 400 g/mol. The summed E-state index contributed by atoms with van der Waals surface area (Å²) in [7, 11) is 1.82. The molecule has 0 radical (unpaired) electrons. The van der Waals surface area contributed by atoms with Crippen molar-refractivity contribution in [3.63, 3.8) is 0 Å². The average Bonchev–Trinajstić information content (AvgIpc) is 3.29. The highest BCUT2D eigenvalue weighted by Gasteiger charge is 2.33. The third-order valence-corrected chi connectivity index (χ3v) is 5.74. The normalized spacial score (nSPS) is 13.3. The van der Waals surface area contributed by atoms with E-state index in [0.717, 1.165) is 27.8 Å². The molecule has 3 N–H and O–H groups in total. The van der Waals surface area contributed by atoms with Crippen molar-refractivity contribution in [1.82, 2.24) is 20.0 Å². The zero-order valence-electron chi connectivity index (χ0n) is 16.6. The van der Waals surface area contributed by atoms with Crippen molar-refractivity contribution >= 4 is 22.5 Å². The lowest BCUT2D eigenvalue weighted by atomic mass is 10.0. The number of nitrogens with zero attached hydrogens (tertiary/aromatic N) is 4. The molecule has 5 rings (SSSR count). The van der Waals surface area contributed by atoms with Gasteiger partial charge in [-0.25, -0.2) is 5.10 Å². The molecule has 30 heavy (non-hydrogen) atoms. The molecule has 0 atom stereocenters. The summed E-state index contributed by atoms with van der Waals surface area (Å²) >= 11 is 0. The monoisotopic (exact) mass is 400 g/mol. The molecule has 1 aliphatic heterocycles. The molecule has 2 aromatic carbocycles. The summed E-state index contributed by atoms with van der Waals surface area (Å²) in [5, 5.41) is 12.2. The largest absolute Gasteiger partial charge is 0.325 e. The highest BCUT2D eigenvalue weighted by molar-refractivity contribution is 6.11. The van der Waals surface area contributed by atoms with Crippen LogP contribution in [0.4, 0.5) is 5.82 Å². The molecule has 0 spiro atoms. The Morgan fingerprint density at radius 2 is 1.97 bits per heavy atom. The fraction of sp³-hybridized carbons (Fsp3) is 0.182. The van der Waals surface area contributed by atoms with Crippen molar-refractivity contribution in [3.05, 3.63) is 75.3 Å². The third-order valence-electron chi connectivity index (χ3n) is 5.74. The van der Waals surface area contributed by atoms with Gasteiger partial charge in [-0.2, -0.15) is 10.2 Å². The number of aromatic amines is 1. The first kappa shape index (κ1) is 18.3. The number of nitrogens with one attached hydrogen (secondary N) is 1. The molecular formula is C22H20N6O2. The van der Waals surface area contributed by atoms with E-state index in [0.29, 0.717) is 28.8 Å². The van der Waals surface area contributed by atoms with Crippen LogP contribution >= 0.6 is 0 Å². The molecule has 4 aromatic rings. The van der Waals surface area contributed by atoms with Gasteiger partial charge in [0.15, 0.2) is 0 Å². The second-order valence-corrected chi connectivity index (χ2v) is 7.46. The van der Waals surface area contributed by atoms with E-state index in [2.05, 4.69) is 15.3 Å². The Hall–Kier alpha value is -3.78. The molecule has 150 valence electrons. The van der Waals surface area contributed by atoms with Gasteiger partial charge in [0.05, 0.1) is 23.8 Å². The lowest BCUT2D eigenvalue weighted by molar-refractivity contribution is 0.0995. The standard InChI is InChI=1S/C22H20N6O2/c1-12-4-3-5-15-18(12)11-28(22(15)30)21-17(10-24-27(21)2)13-6-7-14-16(8-13)19(9-23)25-26-20(14)29/h3-8,10H,9,11,23H2,1-2H3,(H,26,29). The van der Waals surface area contributed by atoms with Gasteiger partial charge in [0, 0.05) is 30.1 Å². The second kappa shape index (κ2) is 6.64. The van der Waals surface area contributed by atoms with E-state index in [1.54, 1.807) is 21.8 Å². The first-order valence-corrected chi connectivity index (χ1v) is 9.63. The molecule has 0 unspecified atom stereocenters. The molecule has 1 aliphatic rings. The van der Waals surface area contributed by atoms with Crippen molar-refractivity contribution in [3.8, 4) is 11.1 Å². The number of aromatic nitrogens is 4. The van der Waals surface area contributed by atoms with Crippen LogP contribution in [0.3, 0.4) is 0 Å². The Labute approximate surface area is 171 Å². The topological polar surface area (TPSA) is 110 Å². The maximum atomic E-state index is 13.2. The second-order valence-electron chi connectivity index (χ2n) is 7.46. The Morgan fingerprint density at radius 3 is 2.73 bits per heavy atom. The van der Waals surface area contributed by atoms with Crippen LogP contribution in [0.5, 0.6) is 0 Å². The molecule has 2 aromatic heterocycles. The molecule has 0 fully saturated rings. The first-order valence-electron chi connectivity index (χ1n) is 9.63. The summed E-state index contributed by atoms with van der Waals surface area (Å²) in [6.45, 7) is 2.72. The van der Waals surface area contributed by atoms with E-state index < -0.39 is 0 Å². The zero-order valence-corrected chi connectivity index (χ0v) is 16.6. The summed E-state index contributed by atoms with van der Waals surface area (Å²) in [6, 6.07) is 11.3. The van der Waals surface area contributed by atoms with Gasteiger partial charge < -0.3 is 5.73 Å². The van der Waals surface area contributed by atoms with E-state index >= 15 is 0 Å². The summed E-state index contributed by atoms with van der Waals surface area (Å²) in [4.78, 5) is 27.1. The fourth-order valence-corrected chi connectivity index (χ4v) is 4.16. The van der Waals surface area contributed by atoms with Crippen molar-refractivity contribution < 1.29 is 4.79 Å². The highest BCUT2D eigenvalue weighted by atomic mass is 16.2. The number of fused-ring (bicyclic) bond motifs is 2. The molecule has 8 nitrogen and oxygen atoms in total. The summed E-state index contributed by atoms with van der Waals surface area (Å²) in [5.74, 6) is 0.669. The predicted molar refractivity (Wildman–Crippen MR) is 114 cm³/mol. The minimum Gasteiger partial charge on any atom is -0.325 e. The lowest BCUT2D eigenvalue weighted by Crippen LogP contribution is -2.26. The number of hydrogen-bond donors (Lipinski definition) is 2. The van der Waals surface area contributed by atoms with Crippen LogP contribution in [0, 0.1) is 6.92 Å². The van der Waals surface area contributed by atoms with Crippen LogP contribution in [0.15, 0.2) is 47.4 Å². The lowest BCUT2D eigenvalue weighted by Gasteiger charge is -2.18. The first-order chi connectivity index (χ1) is 14.5. The number of carbonyl (C=O) groups is 1. The van der Waals surface area contributed by atoms with Crippen molar-refractivity contribution in [2.45, 2.75) is 20.0 Å². The quantitative estimate of drug-likeness (QED) is 0.548. The van der Waals surface area contributed by atoms with E-state index in [4.69, 9.17) is 5.73 Å². The minimum atomic E-state index is -0.263. The number of anilines is 1. The van der Waals surface area contributed by atoms with Crippen LogP contribution < -0.4 is 16.2 Å². The number of H-pyrrole nitrogens is 1.